The molecule has 22 heavy (non-hydrogen) atoms. The number of hydrogen-bond acceptors (Lipinski definition) is 6. The quantitative estimate of drug-likeness (QED) is 0.577. The number of rotatable bonds is 3. The molecule has 0 bridgehead atoms. The maximum absolute atomic E-state index is 12.2. The fraction of sp³-hybridized carbons (Fsp3) is 0.357. The number of carbonyl (C=O) groups is 1. The van der Waals surface area contributed by atoms with Crippen molar-refractivity contribution in [3.05, 3.63) is 34.2 Å². The SMILES string of the molecule is O=C(NCC1CCNC1)c1c(O)c2cccnc2n(O)c1=O. The number of aromatic nitrogens is 2. The van der Waals surface area contributed by atoms with E-state index in [4.69, 9.17) is 0 Å². The molecule has 1 atom stereocenters. The summed E-state index contributed by atoms with van der Waals surface area (Å²) in [6.07, 6.45) is 2.32. The summed E-state index contributed by atoms with van der Waals surface area (Å²) in [5.74, 6) is -0.882. The summed E-state index contributed by atoms with van der Waals surface area (Å²) in [7, 11) is 0. The molecule has 1 saturated heterocycles. The molecular weight excluding hydrogens is 288 g/mol. The molecule has 0 spiro atoms. The summed E-state index contributed by atoms with van der Waals surface area (Å²) in [4.78, 5) is 28.1. The minimum Gasteiger partial charge on any atom is -0.506 e. The van der Waals surface area contributed by atoms with Gasteiger partial charge in [-0.25, -0.2) is 4.98 Å². The van der Waals surface area contributed by atoms with Crippen molar-refractivity contribution in [3.63, 3.8) is 0 Å². The average Bonchev–Trinajstić information content (AvgIpc) is 3.04. The van der Waals surface area contributed by atoms with E-state index in [1.165, 1.54) is 12.3 Å². The number of pyridine rings is 2. The van der Waals surface area contributed by atoms with Gasteiger partial charge in [-0.3, -0.25) is 9.59 Å². The highest BCUT2D eigenvalue weighted by molar-refractivity contribution is 6.01. The number of carbonyl (C=O) groups excluding carboxylic acids is 1. The van der Waals surface area contributed by atoms with Crippen molar-refractivity contribution in [2.24, 2.45) is 5.92 Å². The molecule has 1 aliphatic rings. The van der Waals surface area contributed by atoms with Crippen LogP contribution in [-0.4, -0.2) is 45.6 Å². The van der Waals surface area contributed by atoms with E-state index in [2.05, 4.69) is 15.6 Å². The second-order valence-corrected chi connectivity index (χ2v) is 5.28. The first-order chi connectivity index (χ1) is 10.6. The highest BCUT2D eigenvalue weighted by Gasteiger charge is 2.23. The van der Waals surface area contributed by atoms with Crippen LogP contribution in [0.4, 0.5) is 0 Å². The van der Waals surface area contributed by atoms with Crippen molar-refractivity contribution in [2.45, 2.75) is 6.42 Å². The predicted octanol–water partition coefficient (Wildman–Crippen LogP) is -0.321. The van der Waals surface area contributed by atoms with Crippen molar-refractivity contribution in [1.82, 2.24) is 20.3 Å². The van der Waals surface area contributed by atoms with E-state index in [9.17, 15) is 19.9 Å². The number of nitrogens with zero attached hydrogens (tertiary/aromatic N) is 2. The summed E-state index contributed by atoms with van der Waals surface area (Å²) in [5.41, 5.74) is -1.57. The smallest absolute Gasteiger partial charge is 0.301 e. The van der Waals surface area contributed by atoms with Crippen LogP contribution in [-0.2, 0) is 0 Å². The number of aromatic hydroxyl groups is 1. The van der Waals surface area contributed by atoms with Gasteiger partial charge in [0.05, 0.1) is 5.39 Å². The molecule has 0 aliphatic carbocycles. The number of hydrogen-bond donors (Lipinski definition) is 4. The minimum atomic E-state index is -0.995. The van der Waals surface area contributed by atoms with Crippen LogP contribution in [0.5, 0.6) is 5.75 Å². The molecule has 2 aromatic rings. The van der Waals surface area contributed by atoms with Crippen molar-refractivity contribution in [3.8, 4) is 5.75 Å². The minimum absolute atomic E-state index is 0.0958. The van der Waals surface area contributed by atoms with Crippen molar-refractivity contribution < 1.29 is 15.1 Å². The maximum atomic E-state index is 12.2. The molecular formula is C14H16N4O4. The van der Waals surface area contributed by atoms with Gasteiger partial charge in [0.2, 0.25) is 0 Å². The van der Waals surface area contributed by atoms with Gasteiger partial charge in [0, 0.05) is 12.7 Å². The summed E-state index contributed by atoms with van der Waals surface area (Å²) in [6.45, 7) is 2.11. The van der Waals surface area contributed by atoms with E-state index < -0.39 is 22.8 Å². The third kappa shape index (κ3) is 2.37. The van der Waals surface area contributed by atoms with Crippen LogP contribution < -0.4 is 16.2 Å². The molecule has 3 heterocycles. The van der Waals surface area contributed by atoms with E-state index in [1.54, 1.807) is 6.07 Å². The molecule has 4 N–H and O–H groups in total. The third-order valence-corrected chi connectivity index (χ3v) is 3.83. The van der Waals surface area contributed by atoms with Crippen LogP contribution in [0.2, 0.25) is 0 Å². The van der Waals surface area contributed by atoms with E-state index in [0.717, 1.165) is 19.5 Å². The lowest BCUT2D eigenvalue weighted by atomic mass is 10.1. The molecule has 2 aromatic heterocycles. The van der Waals surface area contributed by atoms with Gasteiger partial charge in [-0.05, 0) is 37.6 Å². The average molecular weight is 304 g/mol. The van der Waals surface area contributed by atoms with Gasteiger partial charge in [0.1, 0.15) is 5.75 Å². The summed E-state index contributed by atoms with van der Waals surface area (Å²) < 4.78 is 0.279. The maximum Gasteiger partial charge on any atom is 0.301 e. The molecule has 0 radical (unpaired) electrons. The predicted molar refractivity (Wildman–Crippen MR) is 78.2 cm³/mol. The molecule has 1 aliphatic heterocycles. The van der Waals surface area contributed by atoms with Gasteiger partial charge >= 0.3 is 5.56 Å². The van der Waals surface area contributed by atoms with E-state index in [0.29, 0.717) is 12.5 Å². The number of nitrogens with one attached hydrogen (secondary N) is 2. The molecule has 8 nitrogen and oxygen atoms in total. The van der Waals surface area contributed by atoms with Gasteiger partial charge in [-0.1, -0.05) is 0 Å². The van der Waals surface area contributed by atoms with Crippen molar-refractivity contribution in [1.29, 1.82) is 0 Å². The van der Waals surface area contributed by atoms with E-state index >= 15 is 0 Å². The zero-order valence-corrected chi connectivity index (χ0v) is 11.7. The first-order valence-corrected chi connectivity index (χ1v) is 7.00. The van der Waals surface area contributed by atoms with Crippen molar-refractivity contribution in [2.75, 3.05) is 19.6 Å². The number of amides is 1. The molecule has 1 amide bonds. The first-order valence-electron chi connectivity index (χ1n) is 7.00. The van der Waals surface area contributed by atoms with Crippen LogP contribution in [0.15, 0.2) is 23.1 Å². The Morgan fingerprint density at radius 2 is 2.36 bits per heavy atom. The van der Waals surface area contributed by atoms with Gasteiger partial charge in [-0.15, -0.1) is 4.73 Å². The Labute approximate surface area is 125 Å². The third-order valence-electron chi connectivity index (χ3n) is 3.83. The van der Waals surface area contributed by atoms with Crippen LogP contribution in [0.3, 0.4) is 0 Å². The second kappa shape index (κ2) is 5.64. The fourth-order valence-corrected chi connectivity index (χ4v) is 2.61. The zero-order valence-electron chi connectivity index (χ0n) is 11.7. The Morgan fingerprint density at radius 1 is 1.55 bits per heavy atom. The van der Waals surface area contributed by atoms with Crippen LogP contribution >= 0.6 is 0 Å². The molecule has 1 unspecified atom stereocenters. The summed E-state index contributed by atoms with van der Waals surface area (Å²) in [6, 6.07) is 3.01. The van der Waals surface area contributed by atoms with Crippen LogP contribution in [0.25, 0.3) is 11.0 Å². The molecule has 3 rings (SSSR count). The Bertz CT molecular complexity index is 780. The van der Waals surface area contributed by atoms with Gasteiger partial charge in [0.15, 0.2) is 11.2 Å². The Morgan fingerprint density at radius 3 is 3.09 bits per heavy atom. The number of fused-ring (bicyclic) bond motifs is 1. The summed E-state index contributed by atoms with van der Waals surface area (Å²) >= 11 is 0. The topological polar surface area (TPSA) is 116 Å². The normalized spacial score (nSPS) is 17.7. The van der Waals surface area contributed by atoms with E-state index in [-0.39, 0.29) is 15.8 Å². The highest BCUT2D eigenvalue weighted by Crippen LogP contribution is 2.24. The van der Waals surface area contributed by atoms with Crippen LogP contribution in [0.1, 0.15) is 16.8 Å². The molecule has 0 aromatic carbocycles. The molecule has 8 heteroatoms. The van der Waals surface area contributed by atoms with Crippen molar-refractivity contribution >= 4 is 16.9 Å². The lowest BCUT2D eigenvalue weighted by molar-refractivity contribution is 0.0937. The Kier molecular flexibility index (Phi) is 3.68. The van der Waals surface area contributed by atoms with Gasteiger partial charge < -0.3 is 20.9 Å². The molecule has 1 fully saturated rings. The lowest BCUT2D eigenvalue weighted by Gasteiger charge is -2.12. The standard InChI is InChI=1S/C14H16N4O4/c19-11-9-2-1-4-16-12(9)18(22)14(21)10(11)13(20)17-7-8-3-5-15-6-8/h1-2,4,8,15,19,22H,3,5-7H2,(H,17,20). The van der Waals surface area contributed by atoms with E-state index in [1.807, 2.05) is 0 Å². The Hall–Kier alpha value is -2.61. The summed E-state index contributed by atoms with van der Waals surface area (Å²) in [5, 5.41) is 26.0. The van der Waals surface area contributed by atoms with Gasteiger partial charge in [0.25, 0.3) is 5.91 Å². The lowest BCUT2D eigenvalue weighted by Crippen LogP contribution is -2.35. The highest BCUT2D eigenvalue weighted by atomic mass is 16.5. The molecule has 116 valence electrons. The zero-order chi connectivity index (χ0) is 15.7. The first kappa shape index (κ1) is 14.3. The largest absolute Gasteiger partial charge is 0.506 e. The monoisotopic (exact) mass is 304 g/mol. The van der Waals surface area contributed by atoms with Crippen LogP contribution in [0, 0.1) is 5.92 Å². The molecule has 0 saturated carbocycles. The fourth-order valence-electron chi connectivity index (χ4n) is 2.61. The second-order valence-electron chi connectivity index (χ2n) is 5.28. The van der Waals surface area contributed by atoms with Gasteiger partial charge in [-0.2, -0.15) is 0 Å². The Balaban J connectivity index is 1.95.